The molecule has 0 aliphatic carbocycles. The Hall–Kier alpha value is 0.200. The summed E-state index contributed by atoms with van der Waals surface area (Å²) < 4.78 is 0.0996. The van der Waals surface area contributed by atoms with E-state index in [1.54, 1.807) is 19.0 Å². The van der Waals surface area contributed by atoms with Crippen LogP contribution in [-0.4, -0.2) is 28.8 Å². The van der Waals surface area contributed by atoms with Crippen LogP contribution in [0.5, 0.6) is 0 Å². The molecule has 0 fully saturated rings. The standard InChI is InChI=1S/C5H10INO/c1-4(6)5(8)7(2)3/h4H,1-3H3. The van der Waals surface area contributed by atoms with E-state index < -0.39 is 0 Å². The fourth-order valence-electron chi connectivity index (χ4n) is 0.356. The maximum absolute atomic E-state index is 10.8. The average Bonchev–Trinajstić information content (AvgIpc) is 1.64. The average molecular weight is 227 g/mol. The van der Waals surface area contributed by atoms with Crippen LogP contribution in [0.2, 0.25) is 0 Å². The van der Waals surface area contributed by atoms with Gasteiger partial charge in [-0.3, -0.25) is 4.79 Å². The number of rotatable bonds is 1. The highest BCUT2D eigenvalue weighted by Crippen LogP contribution is 2.00. The van der Waals surface area contributed by atoms with Gasteiger partial charge >= 0.3 is 0 Å². The first kappa shape index (κ1) is 8.20. The molecule has 0 aliphatic rings. The molecule has 0 aromatic heterocycles. The summed E-state index contributed by atoms with van der Waals surface area (Å²) in [7, 11) is 3.52. The van der Waals surface area contributed by atoms with E-state index in [0.29, 0.717) is 0 Å². The number of nitrogens with zero attached hydrogens (tertiary/aromatic N) is 1. The minimum atomic E-state index is 0.0996. The molecule has 0 radical (unpaired) electrons. The third-order valence-electron chi connectivity index (χ3n) is 0.781. The molecule has 1 unspecified atom stereocenters. The van der Waals surface area contributed by atoms with Gasteiger partial charge in [-0.1, -0.05) is 22.6 Å². The van der Waals surface area contributed by atoms with Crippen molar-refractivity contribution in [1.29, 1.82) is 0 Å². The lowest BCUT2D eigenvalue weighted by Crippen LogP contribution is -2.27. The minimum absolute atomic E-state index is 0.0996. The van der Waals surface area contributed by atoms with E-state index in [1.165, 1.54) is 0 Å². The van der Waals surface area contributed by atoms with Crippen molar-refractivity contribution in [3.05, 3.63) is 0 Å². The minimum Gasteiger partial charge on any atom is -0.348 e. The van der Waals surface area contributed by atoms with Crippen LogP contribution >= 0.6 is 22.6 Å². The van der Waals surface area contributed by atoms with Crippen LogP contribution in [0.3, 0.4) is 0 Å². The van der Waals surface area contributed by atoms with Crippen LogP contribution in [0.15, 0.2) is 0 Å². The molecule has 0 saturated carbocycles. The smallest absolute Gasteiger partial charge is 0.234 e. The monoisotopic (exact) mass is 227 g/mol. The van der Waals surface area contributed by atoms with Crippen LogP contribution in [0.4, 0.5) is 0 Å². The molecule has 0 heterocycles. The number of carbonyl (C=O) groups is 1. The summed E-state index contributed by atoms with van der Waals surface area (Å²) in [5.74, 6) is 0.172. The van der Waals surface area contributed by atoms with Gasteiger partial charge in [-0.25, -0.2) is 0 Å². The second kappa shape index (κ2) is 3.27. The van der Waals surface area contributed by atoms with E-state index in [-0.39, 0.29) is 9.83 Å². The van der Waals surface area contributed by atoms with Crippen molar-refractivity contribution in [2.45, 2.75) is 10.8 Å². The molecular formula is C5H10INO. The predicted molar refractivity (Wildman–Crippen MR) is 42.2 cm³/mol. The van der Waals surface area contributed by atoms with Crippen molar-refractivity contribution in [2.75, 3.05) is 14.1 Å². The summed E-state index contributed by atoms with van der Waals surface area (Å²) in [6, 6.07) is 0. The van der Waals surface area contributed by atoms with Gasteiger partial charge < -0.3 is 4.90 Å². The zero-order chi connectivity index (χ0) is 6.73. The molecule has 0 aromatic rings. The Balaban J connectivity index is 3.65. The second-order valence-corrected chi connectivity index (χ2v) is 3.72. The molecule has 8 heavy (non-hydrogen) atoms. The number of halogens is 1. The van der Waals surface area contributed by atoms with Gasteiger partial charge in [-0.2, -0.15) is 0 Å². The fourth-order valence-corrected chi connectivity index (χ4v) is 0.913. The quantitative estimate of drug-likeness (QED) is 0.481. The highest BCUT2D eigenvalue weighted by molar-refractivity contribution is 14.1. The second-order valence-electron chi connectivity index (χ2n) is 1.85. The first-order valence-electron chi connectivity index (χ1n) is 2.41. The molecule has 0 aliphatic heterocycles. The Bertz CT molecular complexity index is 80.4. The first-order chi connectivity index (χ1) is 3.55. The fraction of sp³-hybridized carbons (Fsp3) is 0.800. The number of hydrogen-bond donors (Lipinski definition) is 0. The Morgan fingerprint density at radius 3 is 2.00 bits per heavy atom. The van der Waals surface area contributed by atoms with Crippen molar-refractivity contribution in [3.63, 3.8) is 0 Å². The van der Waals surface area contributed by atoms with Gasteiger partial charge in [0.25, 0.3) is 0 Å². The molecule has 0 bridgehead atoms. The molecule has 0 rings (SSSR count). The van der Waals surface area contributed by atoms with Crippen molar-refractivity contribution in [1.82, 2.24) is 4.90 Å². The Morgan fingerprint density at radius 2 is 2.00 bits per heavy atom. The lowest BCUT2D eigenvalue weighted by Gasteiger charge is -2.10. The summed E-state index contributed by atoms with van der Waals surface area (Å²) in [5, 5.41) is 0. The van der Waals surface area contributed by atoms with Crippen LogP contribution in [0, 0.1) is 0 Å². The topological polar surface area (TPSA) is 20.3 Å². The molecule has 1 atom stereocenters. The van der Waals surface area contributed by atoms with Gasteiger partial charge in [0.15, 0.2) is 0 Å². The number of alkyl halides is 1. The summed E-state index contributed by atoms with van der Waals surface area (Å²) in [5.41, 5.74) is 0. The SMILES string of the molecule is CC(I)C(=O)N(C)C. The lowest BCUT2D eigenvalue weighted by molar-refractivity contribution is -0.127. The zero-order valence-corrected chi connectivity index (χ0v) is 7.47. The molecule has 0 spiro atoms. The van der Waals surface area contributed by atoms with Crippen molar-refractivity contribution < 1.29 is 4.79 Å². The number of amides is 1. The summed E-state index contributed by atoms with van der Waals surface area (Å²) in [6.07, 6.45) is 0. The molecule has 48 valence electrons. The molecule has 1 amide bonds. The number of hydrogen-bond acceptors (Lipinski definition) is 1. The van der Waals surface area contributed by atoms with Gasteiger partial charge in [0.2, 0.25) is 5.91 Å². The van der Waals surface area contributed by atoms with Gasteiger partial charge in [0, 0.05) is 14.1 Å². The lowest BCUT2D eigenvalue weighted by atomic mass is 10.4. The molecule has 3 heteroatoms. The van der Waals surface area contributed by atoms with Crippen molar-refractivity contribution in [3.8, 4) is 0 Å². The normalized spacial score (nSPS) is 13.0. The largest absolute Gasteiger partial charge is 0.348 e. The Kier molecular flexibility index (Phi) is 3.35. The zero-order valence-electron chi connectivity index (χ0n) is 5.31. The summed E-state index contributed by atoms with van der Waals surface area (Å²) >= 11 is 2.09. The molecule has 0 N–H and O–H groups in total. The van der Waals surface area contributed by atoms with E-state index >= 15 is 0 Å². The summed E-state index contributed by atoms with van der Waals surface area (Å²) in [6.45, 7) is 1.88. The van der Waals surface area contributed by atoms with Crippen LogP contribution < -0.4 is 0 Å². The van der Waals surface area contributed by atoms with Gasteiger partial charge in [0.05, 0.1) is 3.92 Å². The van der Waals surface area contributed by atoms with Crippen LogP contribution in [-0.2, 0) is 4.79 Å². The molecule has 0 saturated heterocycles. The maximum atomic E-state index is 10.8. The highest BCUT2D eigenvalue weighted by atomic mass is 127. The third kappa shape index (κ3) is 2.49. The third-order valence-corrected chi connectivity index (χ3v) is 1.31. The van der Waals surface area contributed by atoms with E-state index in [9.17, 15) is 4.79 Å². The van der Waals surface area contributed by atoms with Crippen molar-refractivity contribution >= 4 is 28.5 Å². The van der Waals surface area contributed by atoms with E-state index in [2.05, 4.69) is 22.6 Å². The van der Waals surface area contributed by atoms with Crippen LogP contribution in [0.1, 0.15) is 6.92 Å². The molecule has 0 aromatic carbocycles. The van der Waals surface area contributed by atoms with Gasteiger partial charge in [-0.05, 0) is 6.92 Å². The number of carbonyl (C=O) groups excluding carboxylic acids is 1. The first-order valence-corrected chi connectivity index (χ1v) is 3.65. The predicted octanol–water partition coefficient (Wildman–Crippen LogP) is 0.898. The molecule has 2 nitrogen and oxygen atoms in total. The van der Waals surface area contributed by atoms with Crippen molar-refractivity contribution in [2.24, 2.45) is 0 Å². The van der Waals surface area contributed by atoms with Gasteiger partial charge in [0.1, 0.15) is 0 Å². The van der Waals surface area contributed by atoms with E-state index in [1.807, 2.05) is 6.92 Å². The van der Waals surface area contributed by atoms with Crippen LogP contribution in [0.25, 0.3) is 0 Å². The molecular weight excluding hydrogens is 217 g/mol. The van der Waals surface area contributed by atoms with E-state index in [0.717, 1.165) is 0 Å². The summed E-state index contributed by atoms with van der Waals surface area (Å²) in [4.78, 5) is 12.4. The van der Waals surface area contributed by atoms with E-state index in [4.69, 9.17) is 0 Å². The maximum Gasteiger partial charge on any atom is 0.234 e. The Morgan fingerprint density at radius 1 is 1.62 bits per heavy atom. The Labute approximate surface area is 63.4 Å². The van der Waals surface area contributed by atoms with Gasteiger partial charge in [-0.15, -0.1) is 0 Å². The highest BCUT2D eigenvalue weighted by Gasteiger charge is 2.08.